The van der Waals surface area contributed by atoms with E-state index in [1.165, 1.54) is 22.8 Å². The van der Waals surface area contributed by atoms with Crippen LogP contribution in [0.4, 0.5) is 11.5 Å². The highest BCUT2D eigenvalue weighted by molar-refractivity contribution is 7.89. The summed E-state index contributed by atoms with van der Waals surface area (Å²) < 4.78 is 32.6. The number of hydrogen-bond donors (Lipinski definition) is 1. The normalized spacial score (nSPS) is 14.7. The molecule has 10 heteroatoms. The highest BCUT2D eigenvalue weighted by Gasteiger charge is 2.22. The lowest BCUT2D eigenvalue weighted by Crippen LogP contribution is -2.34. The lowest BCUT2D eigenvalue weighted by atomic mass is 9.93. The molecule has 0 radical (unpaired) electrons. The first-order valence-electron chi connectivity index (χ1n) is 12.3. The molecule has 0 spiro atoms. The van der Waals surface area contributed by atoms with E-state index in [4.69, 9.17) is 4.74 Å². The molecule has 0 bridgehead atoms. The molecular formula is C26H34N6O3S. The van der Waals surface area contributed by atoms with Gasteiger partial charge in [0.2, 0.25) is 10.0 Å². The van der Waals surface area contributed by atoms with Gasteiger partial charge in [-0.15, -0.1) is 0 Å². The van der Waals surface area contributed by atoms with E-state index in [9.17, 15) is 8.42 Å². The predicted molar refractivity (Wildman–Crippen MR) is 141 cm³/mol. The van der Waals surface area contributed by atoms with Gasteiger partial charge in [-0.3, -0.25) is 4.98 Å². The molecule has 1 aliphatic rings. The molecule has 1 saturated heterocycles. The van der Waals surface area contributed by atoms with Crippen molar-refractivity contribution in [2.75, 3.05) is 50.1 Å². The first-order valence-corrected chi connectivity index (χ1v) is 13.7. The van der Waals surface area contributed by atoms with Crippen molar-refractivity contribution >= 4 is 21.5 Å². The van der Waals surface area contributed by atoms with Gasteiger partial charge < -0.3 is 15.0 Å². The molecule has 9 nitrogen and oxygen atoms in total. The second kappa shape index (κ2) is 12.1. The number of pyridine rings is 1. The number of likely N-dealkylation sites (N-methyl/N-ethyl adjacent to an activating group) is 1. The second-order valence-corrected chi connectivity index (χ2v) is 11.0. The number of sulfonamides is 1. The predicted octanol–water partition coefficient (Wildman–Crippen LogP) is 3.60. The Kier molecular flexibility index (Phi) is 8.71. The van der Waals surface area contributed by atoms with Crippen molar-refractivity contribution in [2.45, 2.75) is 31.1 Å². The molecule has 1 N–H and O–H groups in total. The third kappa shape index (κ3) is 6.70. The van der Waals surface area contributed by atoms with E-state index >= 15 is 0 Å². The second-order valence-electron chi connectivity index (χ2n) is 9.02. The summed E-state index contributed by atoms with van der Waals surface area (Å²) in [7, 11) is -2.03. The number of benzene rings is 1. The number of rotatable bonds is 11. The molecule has 192 valence electrons. The average Bonchev–Trinajstić information content (AvgIpc) is 2.90. The van der Waals surface area contributed by atoms with Crippen molar-refractivity contribution in [3.63, 3.8) is 0 Å². The van der Waals surface area contributed by atoms with Gasteiger partial charge in [0.05, 0.1) is 4.90 Å². The monoisotopic (exact) mass is 510 g/mol. The highest BCUT2D eigenvalue weighted by atomic mass is 32.2. The number of aryl methyl sites for hydroxylation is 1. The quantitative estimate of drug-likeness (QED) is 0.418. The van der Waals surface area contributed by atoms with Crippen LogP contribution >= 0.6 is 0 Å². The van der Waals surface area contributed by atoms with Gasteiger partial charge in [0.25, 0.3) is 0 Å². The standard InChI is InChI=1S/C26H34N6O3S/c1-21-5-3-4-6-24(21)36(33,34)31(2)19-20-35-26-29-16-10-25(30-26)28-15-7-22-11-17-32(18-12-22)23-8-13-27-14-9-23/h3-6,8-10,13-14,16,22H,7,11-12,15,17-20H2,1-2H3,(H,28,29,30). The van der Waals surface area contributed by atoms with E-state index in [-0.39, 0.29) is 19.2 Å². The third-order valence-electron chi connectivity index (χ3n) is 6.55. The molecule has 0 unspecified atom stereocenters. The maximum absolute atomic E-state index is 12.8. The fraction of sp³-hybridized carbons (Fsp3) is 0.423. The van der Waals surface area contributed by atoms with Crippen LogP contribution in [0.1, 0.15) is 24.8 Å². The van der Waals surface area contributed by atoms with Gasteiger partial charge in [-0.25, -0.2) is 13.4 Å². The molecule has 0 amide bonds. The van der Waals surface area contributed by atoms with Crippen LogP contribution < -0.4 is 15.0 Å². The summed E-state index contributed by atoms with van der Waals surface area (Å²) >= 11 is 0. The average molecular weight is 511 g/mol. The van der Waals surface area contributed by atoms with Crippen LogP contribution in [0.3, 0.4) is 0 Å². The molecular weight excluding hydrogens is 476 g/mol. The minimum atomic E-state index is -3.58. The van der Waals surface area contributed by atoms with Gasteiger partial charge >= 0.3 is 6.01 Å². The van der Waals surface area contributed by atoms with Crippen LogP contribution in [0.15, 0.2) is 66.0 Å². The lowest BCUT2D eigenvalue weighted by molar-refractivity contribution is 0.267. The Labute approximate surface area is 213 Å². The highest BCUT2D eigenvalue weighted by Crippen LogP contribution is 2.25. The van der Waals surface area contributed by atoms with E-state index in [1.807, 2.05) is 24.5 Å². The van der Waals surface area contributed by atoms with Crippen LogP contribution in [-0.2, 0) is 10.0 Å². The smallest absolute Gasteiger partial charge is 0.318 e. The Bertz CT molecular complexity index is 1220. The molecule has 0 saturated carbocycles. The van der Waals surface area contributed by atoms with Gasteiger partial charge in [-0.2, -0.15) is 9.29 Å². The van der Waals surface area contributed by atoms with E-state index in [1.54, 1.807) is 38.4 Å². The van der Waals surface area contributed by atoms with Crippen LogP contribution in [-0.4, -0.2) is 67.5 Å². The summed E-state index contributed by atoms with van der Waals surface area (Å²) in [4.78, 5) is 15.4. The van der Waals surface area contributed by atoms with Crippen LogP contribution in [0, 0.1) is 12.8 Å². The summed E-state index contributed by atoms with van der Waals surface area (Å²) in [6.07, 6.45) is 8.74. The zero-order valence-corrected chi connectivity index (χ0v) is 21.7. The van der Waals surface area contributed by atoms with Crippen molar-refractivity contribution in [3.05, 3.63) is 66.6 Å². The first-order chi connectivity index (χ1) is 17.4. The van der Waals surface area contributed by atoms with Crippen molar-refractivity contribution < 1.29 is 13.2 Å². The number of nitrogens with one attached hydrogen (secondary N) is 1. The molecule has 0 atom stereocenters. The SMILES string of the molecule is Cc1ccccc1S(=O)(=O)N(C)CCOc1nccc(NCCC2CCN(c3ccncc3)CC2)n1. The number of ether oxygens (including phenoxy) is 1. The number of aromatic nitrogens is 3. The Morgan fingerprint density at radius 2 is 1.83 bits per heavy atom. The van der Waals surface area contributed by atoms with Crippen molar-refractivity contribution in [3.8, 4) is 6.01 Å². The van der Waals surface area contributed by atoms with Gasteiger partial charge in [0.15, 0.2) is 0 Å². The molecule has 2 aromatic heterocycles. The van der Waals surface area contributed by atoms with Crippen LogP contribution in [0.5, 0.6) is 6.01 Å². The van der Waals surface area contributed by atoms with Crippen LogP contribution in [0.2, 0.25) is 0 Å². The summed E-state index contributed by atoms with van der Waals surface area (Å²) in [6, 6.07) is 13.1. The third-order valence-corrected chi connectivity index (χ3v) is 8.57. The molecule has 1 fully saturated rings. The molecule has 1 aromatic carbocycles. The zero-order chi connectivity index (χ0) is 25.4. The molecule has 0 aliphatic carbocycles. The van der Waals surface area contributed by atoms with Crippen LogP contribution in [0.25, 0.3) is 0 Å². The summed E-state index contributed by atoms with van der Waals surface area (Å²) in [5.74, 6) is 1.38. The van der Waals surface area contributed by atoms with E-state index < -0.39 is 10.0 Å². The number of hydrogen-bond acceptors (Lipinski definition) is 8. The molecule has 36 heavy (non-hydrogen) atoms. The van der Waals surface area contributed by atoms with E-state index in [2.05, 4.69) is 37.3 Å². The minimum absolute atomic E-state index is 0.154. The van der Waals surface area contributed by atoms with Crippen molar-refractivity contribution in [1.82, 2.24) is 19.3 Å². The largest absolute Gasteiger partial charge is 0.462 e. The number of anilines is 2. The summed E-state index contributed by atoms with van der Waals surface area (Å²) in [6.45, 7) is 5.09. The first kappa shape index (κ1) is 25.8. The van der Waals surface area contributed by atoms with Gasteiger partial charge in [0.1, 0.15) is 12.4 Å². The Balaban J connectivity index is 1.19. The lowest BCUT2D eigenvalue weighted by Gasteiger charge is -2.33. The number of piperidine rings is 1. The fourth-order valence-corrected chi connectivity index (χ4v) is 5.72. The minimum Gasteiger partial charge on any atom is -0.462 e. The molecule has 3 aromatic rings. The summed E-state index contributed by atoms with van der Waals surface area (Å²) in [5, 5.41) is 3.37. The van der Waals surface area contributed by atoms with Crippen molar-refractivity contribution in [2.24, 2.45) is 5.92 Å². The molecule has 3 heterocycles. The maximum atomic E-state index is 12.8. The van der Waals surface area contributed by atoms with E-state index in [0.717, 1.165) is 26.1 Å². The Hall–Kier alpha value is -3.24. The Morgan fingerprint density at radius 3 is 2.58 bits per heavy atom. The zero-order valence-electron chi connectivity index (χ0n) is 20.9. The summed E-state index contributed by atoms with van der Waals surface area (Å²) in [5.41, 5.74) is 1.96. The topological polar surface area (TPSA) is 101 Å². The molecule has 1 aliphatic heterocycles. The molecule has 4 rings (SSSR count). The van der Waals surface area contributed by atoms with E-state index in [0.29, 0.717) is 22.2 Å². The van der Waals surface area contributed by atoms with Gasteiger partial charge in [-0.05, 0) is 61.9 Å². The van der Waals surface area contributed by atoms with Gasteiger partial charge in [0, 0.05) is 57.5 Å². The maximum Gasteiger partial charge on any atom is 0.318 e. The van der Waals surface area contributed by atoms with Gasteiger partial charge in [-0.1, -0.05) is 18.2 Å². The fourth-order valence-electron chi connectivity index (χ4n) is 4.35. The Morgan fingerprint density at radius 1 is 1.08 bits per heavy atom. The van der Waals surface area contributed by atoms with Crippen molar-refractivity contribution in [1.29, 1.82) is 0 Å². The number of nitrogens with zero attached hydrogens (tertiary/aromatic N) is 5.